The lowest BCUT2D eigenvalue weighted by Crippen LogP contribution is -2.29. The molecule has 0 aromatic heterocycles. The molecular weight excluding hydrogens is 250 g/mol. The SMILES string of the molecule is O=C(NCCCN1CCCC1)c1cccc(F)c1F. The van der Waals surface area contributed by atoms with E-state index in [-0.39, 0.29) is 5.56 Å². The van der Waals surface area contributed by atoms with Gasteiger partial charge in [0.1, 0.15) is 0 Å². The summed E-state index contributed by atoms with van der Waals surface area (Å²) in [6.45, 7) is 3.65. The van der Waals surface area contributed by atoms with Gasteiger partial charge in [-0.2, -0.15) is 0 Å². The molecule has 1 aromatic rings. The number of halogens is 2. The molecule has 104 valence electrons. The molecule has 3 nitrogen and oxygen atoms in total. The van der Waals surface area contributed by atoms with E-state index in [0.29, 0.717) is 6.54 Å². The molecule has 0 aliphatic carbocycles. The quantitative estimate of drug-likeness (QED) is 0.830. The number of benzene rings is 1. The van der Waals surface area contributed by atoms with Crippen LogP contribution in [0.15, 0.2) is 18.2 Å². The largest absolute Gasteiger partial charge is 0.352 e. The molecule has 1 heterocycles. The van der Waals surface area contributed by atoms with E-state index in [4.69, 9.17) is 0 Å². The maximum Gasteiger partial charge on any atom is 0.254 e. The molecule has 1 N–H and O–H groups in total. The van der Waals surface area contributed by atoms with Crippen molar-refractivity contribution in [3.8, 4) is 0 Å². The van der Waals surface area contributed by atoms with Crippen LogP contribution >= 0.6 is 0 Å². The molecule has 0 radical (unpaired) electrons. The van der Waals surface area contributed by atoms with E-state index in [1.54, 1.807) is 0 Å². The molecule has 1 aromatic carbocycles. The molecule has 19 heavy (non-hydrogen) atoms. The van der Waals surface area contributed by atoms with Crippen molar-refractivity contribution in [1.29, 1.82) is 0 Å². The molecule has 1 amide bonds. The molecule has 1 aliphatic heterocycles. The highest BCUT2D eigenvalue weighted by Gasteiger charge is 2.15. The summed E-state index contributed by atoms with van der Waals surface area (Å²) in [6.07, 6.45) is 3.30. The number of hydrogen-bond acceptors (Lipinski definition) is 2. The Labute approximate surface area is 111 Å². The van der Waals surface area contributed by atoms with Crippen molar-refractivity contribution >= 4 is 5.91 Å². The standard InChI is InChI=1S/C14H18F2N2O/c15-12-6-3-5-11(13(12)16)14(19)17-7-4-10-18-8-1-2-9-18/h3,5-6H,1-2,4,7-10H2,(H,17,19). The van der Waals surface area contributed by atoms with Crippen molar-refractivity contribution in [1.82, 2.24) is 10.2 Å². The van der Waals surface area contributed by atoms with E-state index in [2.05, 4.69) is 10.2 Å². The Balaban J connectivity index is 1.76. The maximum atomic E-state index is 13.4. The van der Waals surface area contributed by atoms with Gasteiger partial charge in [-0.15, -0.1) is 0 Å². The first-order valence-corrected chi connectivity index (χ1v) is 6.63. The van der Waals surface area contributed by atoms with Gasteiger partial charge in [0.25, 0.3) is 5.91 Å². The Bertz CT molecular complexity index is 445. The van der Waals surface area contributed by atoms with Crippen LogP contribution in [-0.2, 0) is 0 Å². The first-order chi connectivity index (χ1) is 9.18. The minimum atomic E-state index is -1.08. The predicted octanol–water partition coefficient (Wildman–Crippen LogP) is 2.18. The van der Waals surface area contributed by atoms with Crippen molar-refractivity contribution in [2.24, 2.45) is 0 Å². The third kappa shape index (κ3) is 3.73. The normalized spacial score (nSPS) is 15.7. The lowest BCUT2D eigenvalue weighted by molar-refractivity contribution is 0.0947. The summed E-state index contributed by atoms with van der Waals surface area (Å²) in [5.41, 5.74) is -0.235. The lowest BCUT2D eigenvalue weighted by atomic mass is 10.2. The summed E-state index contributed by atoms with van der Waals surface area (Å²) in [7, 11) is 0. The van der Waals surface area contributed by atoms with Crippen LogP contribution < -0.4 is 5.32 Å². The van der Waals surface area contributed by atoms with Gasteiger partial charge >= 0.3 is 0 Å². The fourth-order valence-electron chi connectivity index (χ4n) is 2.29. The average Bonchev–Trinajstić information content (AvgIpc) is 2.91. The zero-order chi connectivity index (χ0) is 13.7. The number of carbonyl (C=O) groups excluding carboxylic acids is 1. The molecule has 1 fully saturated rings. The third-order valence-electron chi connectivity index (χ3n) is 3.33. The molecule has 1 saturated heterocycles. The molecule has 0 spiro atoms. The number of likely N-dealkylation sites (tertiary alicyclic amines) is 1. The molecule has 0 unspecified atom stereocenters. The monoisotopic (exact) mass is 268 g/mol. The number of amides is 1. The smallest absolute Gasteiger partial charge is 0.254 e. The Morgan fingerprint density at radius 3 is 2.74 bits per heavy atom. The van der Waals surface area contributed by atoms with E-state index < -0.39 is 17.5 Å². The lowest BCUT2D eigenvalue weighted by Gasteiger charge is -2.14. The molecule has 1 aliphatic rings. The van der Waals surface area contributed by atoms with Gasteiger partial charge in [-0.25, -0.2) is 8.78 Å². The van der Waals surface area contributed by atoms with E-state index >= 15 is 0 Å². The summed E-state index contributed by atoms with van der Waals surface area (Å²) in [6, 6.07) is 3.62. The Morgan fingerprint density at radius 1 is 1.26 bits per heavy atom. The second-order valence-electron chi connectivity index (χ2n) is 4.76. The summed E-state index contributed by atoms with van der Waals surface area (Å²) in [5.74, 6) is -2.64. The first-order valence-electron chi connectivity index (χ1n) is 6.63. The molecule has 5 heteroatoms. The van der Waals surface area contributed by atoms with Crippen molar-refractivity contribution < 1.29 is 13.6 Å². The van der Waals surface area contributed by atoms with Gasteiger partial charge < -0.3 is 10.2 Å². The molecular formula is C14H18F2N2O. The fourth-order valence-corrected chi connectivity index (χ4v) is 2.29. The zero-order valence-corrected chi connectivity index (χ0v) is 10.8. The Kier molecular flexibility index (Phi) is 4.85. The van der Waals surface area contributed by atoms with Gasteiger partial charge in [0.05, 0.1) is 5.56 Å². The molecule has 0 saturated carbocycles. The van der Waals surface area contributed by atoms with Crippen LogP contribution in [0.1, 0.15) is 29.6 Å². The molecule has 0 atom stereocenters. The van der Waals surface area contributed by atoms with E-state index in [9.17, 15) is 13.6 Å². The number of hydrogen-bond donors (Lipinski definition) is 1. The first kappa shape index (κ1) is 13.9. The summed E-state index contributed by atoms with van der Waals surface area (Å²) >= 11 is 0. The van der Waals surface area contributed by atoms with E-state index in [1.165, 1.54) is 25.0 Å². The predicted molar refractivity (Wildman–Crippen MR) is 69.0 cm³/mol. The second kappa shape index (κ2) is 6.61. The molecule has 2 rings (SSSR count). The number of rotatable bonds is 5. The minimum Gasteiger partial charge on any atom is -0.352 e. The highest BCUT2D eigenvalue weighted by molar-refractivity contribution is 5.94. The van der Waals surface area contributed by atoms with Gasteiger partial charge in [-0.1, -0.05) is 6.07 Å². The van der Waals surface area contributed by atoms with Crippen molar-refractivity contribution in [3.63, 3.8) is 0 Å². The number of nitrogens with one attached hydrogen (secondary N) is 1. The van der Waals surface area contributed by atoms with E-state index in [0.717, 1.165) is 32.1 Å². The highest BCUT2D eigenvalue weighted by atomic mass is 19.2. The van der Waals surface area contributed by atoms with Crippen LogP contribution in [0.25, 0.3) is 0 Å². The van der Waals surface area contributed by atoms with Crippen molar-refractivity contribution in [2.45, 2.75) is 19.3 Å². The van der Waals surface area contributed by atoms with Crippen LogP contribution in [0.5, 0.6) is 0 Å². The maximum absolute atomic E-state index is 13.4. The van der Waals surface area contributed by atoms with Gasteiger partial charge in [0.15, 0.2) is 11.6 Å². The van der Waals surface area contributed by atoms with Gasteiger partial charge in [-0.3, -0.25) is 4.79 Å². The minimum absolute atomic E-state index is 0.235. The van der Waals surface area contributed by atoms with Crippen molar-refractivity contribution in [3.05, 3.63) is 35.4 Å². The van der Waals surface area contributed by atoms with Gasteiger partial charge in [-0.05, 0) is 51.0 Å². The van der Waals surface area contributed by atoms with Crippen LogP contribution in [0.2, 0.25) is 0 Å². The highest BCUT2D eigenvalue weighted by Crippen LogP contribution is 2.11. The van der Waals surface area contributed by atoms with Crippen LogP contribution in [0.4, 0.5) is 8.78 Å². The van der Waals surface area contributed by atoms with Gasteiger partial charge in [0.2, 0.25) is 0 Å². The summed E-state index contributed by atoms with van der Waals surface area (Å²) in [5, 5.41) is 2.62. The third-order valence-corrected chi connectivity index (χ3v) is 3.33. The van der Waals surface area contributed by atoms with Crippen LogP contribution in [-0.4, -0.2) is 37.0 Å². The zero-order valence-electron chi connectivity index (χ0n) is 10.8. The summed E-state index contributed by atoms with van der Waals surface area (Å²) in [4.78, 5) is 14.0. The number of carbonyl (C=O) groups is 1. The summed E-state index contributed by atoms with van der Waals surface area (Å²) < 4.78 is 26.3. The fraction of sp³-hybridized carbons (Fsp3) is 0.500. The van der Waals surface area contributed by atoms with Gasteiger partial charge in [0, 0.05) is 6.54 Å². The van der Waals surface area contributed by atoms with E-state index in [1.807, 2.05) is 0 Å². The number of nitrogens with zero attached hydrogens (tertiary/aromatic N) is 1. The average molecular weight is 268 g/mol. The topological polar surface area (TPSA) is 32.3 Å². The van der Waals surface area contributed by atoms with Crippen molar-refractivity contribution in [2.75, 3.05) is 26.2 Å². The Hall–Kier alpha value is -1.49. The Morgan fingerprint density at radius 2 is 2.00 bits per heavy atom. The second-order valence-corrected chi connectivity index (χ2v) is 4.76. The molecule has 0 bridgehead atoms. The van der Waals surface area contributed by atoms with Crippen LogP contribution in [0, 0.1) is 11.6 Å². The van der Waals surface area contributed by atoms with Crippen LogP contribution in [0.3, 0.4) is 0 Å².